The Labute approximate surface area is 172 Å². The summed E-state index contributed by atoms with van der Waals surface area (Å²) in [6, 6.07) is 10.8. The Morgan fingerprint density at radius 1 is 1.10 bits per heavy atom. The van der Waals surface area contributed by atoms with Gasteiger partial charge in [-0.05, 0) is 66.1 Å². The number of sulfonamides is 1. The quantitative estimate of drug-likeness (QED) is 0.694. The molecule has 1 fully saturated rings. The van der Waals surface area contributed by atoms with Crippen molar-refractivity contribution in [3.05, 3.63) is 54.6 Å². The number of hydrogen-bond acceptors (Lipinski definition) is 5. The molecule has 0 radical (unpaired) electrons. The number of hydrogen-bond donors (Lipinski definition) is 1. The number of nitrogens with zero attached hydrogens (tertiary/aromatic N) is 3. The molecule has 0 amide bonds. The minimum absolute atomic E-state index is 0.232. The van der Waals surface area contributed by atoms with Crippen molar-refractivity contribution < 1.29 is 8.42 Å². The number of rotatable bonds is 5. The van der Waals surface area contributed by atoms with E-state index in [0.29, 0.717) is 13.1 Å². The minimum Gasteiger partial charge on any atom is -0.382 e. The van der Waals surface area contributed by atoms with Crippen LogP contribution >= 0.6 is 0 Å². The van der Waals surface area contributed by atoms with E-state index in [1.807, 2.05) is 30.7 Å². The van der Waals surface area contributed by atoms with Gasteiger partial charge in [-0.25, -0.2) is 12.7 Å². The number of aromatic nitrogens is 2. The lowest BCUT2D eigenvalue weighted by Crippen LogP contribution is -2.41. The first kappa shape index (κ1) is 19.8. The van der Waals surface area contributed by atoms with Gasteiger partial charge in [0.15, 0.2) is 0 Å². The fourth-order valence-electron chi connectivity index (χ4n) is 3.89. The van der Waals surface area contributed by atoms with Crippen LogP contribution in [-0.2, 0) is 16.4 Å². The Morgan fingerprint density at radius 2 is 1.90 bits per heavy atom. The van der Waals surface area contributed by atoms with Gasteiger partial charge in [-0.15, -0.1) is 0 Å². The van der Waals surface area contributed by atoms with E-state index in [1.165, 1.54) is 6.26 Å². The summed E-state index contributed by atoms with van der Waals surface area (Å²) in [5.74, 6) is 0. The molecule has 0 atom stereocenters. The van der Waals surface area contributed by atoms with E-state index >= 15 is 0 Å². The fraction of sp³-hybridized carbons (Fsp3) is 0.364. The monoisotopic (exact) mass is 410 g/mol. The normalized spacial score (nSPS) is 16.2. The molecule has 2 aromatic heterocycles. The maximum absolute atomic E-state index is 11.8. The van der Waals surface area contributed by atoms with Gasteiger partial charge in [0.25, 0.3) is 0 Å². The lowest BCUT2D eigenvalue weighted by molar-refractivity contribution is 0.332. The third kappa shape index (κ3) is 4.41. The summed E-state index contributed by atoms with van der Waals surface area (Å²) < 4.78 is 25.1. The molecule has 1 aliphatic rings. The lowest BCUT2D eigenvalue weighted by Gasteiger charge is -2.31. The third-order valence-corrected chi connectivity index (χ3v) is 6.85. The van der Waals surface area contributed by atoms with Crippen LogP contribution < -0.4 is 5.32 Å². The predicted octanol–water partition coefficient (Wildman–Crippen LogP) is 3.70. The van der Waals surface area contributed by atoms with E-state index in [2.05, 4.69) is 40.4 Å². The van der Waals surface area contributed by atoms with Crippen LogP contribution in [0.3, 0.4) is 0 Å². The van der Waals surface area contributed by atoms with Crippen molar-refractivity contribution in [1.82, 2.24) is 14.3 Å². The highest BCUT2D eigenvalue weighted by Gasteiger charge is 2.25. The van der Waals surface area contributed by atoms with Gasteiger partial charge >= 0.3 is 0 Å². The van der Waals surface area contributed by atoms with Crippen molar-refractivity contribution in [2.45, 2.75) is 32.2 Å². The average molecular weight is 411 g/mol. The van der Waals surface area contributed by atoms with Gasteiger partial charge in [-0.3, -0.25) is 9.97 Å². The number of piperidine rings is 1. The van der Waals surface area contributed by atoms with Gasteiger partial charge in [-0.2, -0.15) is 0 Å². The van der Waals surface area contributed by atoms with Crippen LogP contribution in [0.2, 0.25) is 0 Å². The lowest BCUT2D eigenvalue weighted by atomic mass is 9.99. The van der Waals surface area contributed by atoms with E-state index in [9.17, 15) is 8.42 Å². The predicted molar refractivity (Wildman–Crippen MR) is 117 cm³/mol. The summed E-state index contributed by atoms with van der Waals surface area (Å²) in [4.78, 5) is 8.71. The third-order valence-electron chi connectivity index (χ3n) is 5.55. The Hall–Kier alpha value is -2.51. The maximum atomic E-state index is 11.8. The molecule has 1 N–H and O–H groups in total. The first-order valence-corrected chi connectivity index (χ1v) is 11.8. The average Bonchev–Trinajstić information content (AvgIpc) is 2.73. The smallest absolute Gasteiger partial charge is 0.211 e. The molecule has 3 heterocycles. The molecule has 0 aliphatic carbocycles. The second-order valence-corrected chi connectivity index (χ2v) is 9.57. The van der Waals surface area contributed by atoms with Crippen molar-refractivity contribution in [3.8, 4) is 11.1 Å². The number of anilines is 1. The van der Waals surface area contributed by atoms with Crippen molar-refractivity contribution >= 4 is 26.5 Å². The highest BCUT2D eigenvalue weighted by atomic mass is 32.2. The Kier molecular flexibility index (Phi) is 5.52. The molecule has 0 bridgehead atoms. The van der Waals surface area contributed by atoms with Crippen LogP contribution in [0.4, 0.5) is 5.69 Å². The zero-order valence-corrected chi connectivity index (χ0v) is 17.6. The molecule has 0 saturated carbocycles. The summed E-state index contributed by atoms with van der Waals surface area (Å²) in [6.45, 7) is 3.21. The zero-order valence-electron chi connectivity index (χ0n) is 16.8. The Morgan fingerprint density at radius 3 is 2.62 bits per heavy atom. The SMILES string of the molecule is CCc1cc(-c2cc(NC3CCN(S(C)(=O)=O)CC3)c3cnccc3c2)ccn1. The number of fused-ring (bicyclic) bond motifs is 1. The molecular formula is C22H26N4O2S. The van der Waals surface area contributed by atoms with Crippen molar-refractivity contribution in [1.29, 1.82) is 0 Å². The van der Waals surface area contributed by atoms with E-state index in [-0.39, 0.29) is 6.04 Å². The van der Waals surface area contributed by atoms with Gasteiger partial charge in [0, 0.05) is 54.5 Å². The Balaban J connectivity index is 1.65. The number of benzene rings is 1. The Bertz CT molecular complexity index is 1120. The molecule has 3 aromatic rings. The molecule has 1 saturated heterocycles. The van der Waals surface area contributed by atoms with Crippen molar-refractivity contribution in [3.63, 3.8) is 0 Å². The zero-order chi connectivity index (χ0) is 20.4. The molecule has 0 spiro atoms. The summed E-state index contributed by atoms with van der Waals surface area (Å²) in [7, 11) is -3.12. The highest BCUT2D eigenvalue weighted by Crippen LogP contribution is 2.32. The minimum atomic E-state index is -3.12. The fourth-order valence-corrected chi connectivity index (χ4v) is 4.76. The van der Waals surface area contributed by atoms with E-state index in [4.69, 9.17) is 0 Å². The topological polar surface area (TPSA) is 75.2 Å². The van der Waals surface area contributed by atoms with Crippen LogP contribution in [0.1, 0.15) is 25.5 Å². The second kappa shape index (κ2) is 8.08. The van der Waals surface area contributed by atoms with E-state index in [0.717, 1.165) is 52.5 Å². The van der Waals surface area contributed by atoms with Gasteiger partial charge < -0.3 is 5.32 Å². The standard InChI is InChI=1S/C22H26N4O2S/c1-3-19-13-16(5-9-24-19)18-12-17-4-8-23-15-21(17)22(14-18)25-20-6-10-26(11-7-20)29(2,27)28/h4-5,8-9,12-15,20,25H,3,6-7,10-11H2,1-2H3. The number of aryl methyl sites for hydroxylation is 1. The van der Waals surface area contributed by atoms with Gasteiger partial charge in [0.2, 0.25) is 10.0 Å². The van der Waals surface area contributed by atoms with Gasteiger partial charge in [-0.1, -0.05) is 6.92 Å². The first-order valence-electron chi connectivity index (χ1n) is 9.99. The summed E-state index contributed by atoms with van der Waals surface area (Å²) in [5.41, 5.74) is 4.39. The molecule has 1 aromatic carbocycles. The number of pyridine rings is 2. The molecule has 152 valence electrons. The van der Waals surface area contributed by atoms with E-state index < -0.39 is 10.0 Å². The molecule has 0 unspecified atom stereocenters. The van der Waals surface area contributed by atoms with Crippen molar-refractivity contribution in [2.24, 2.45) is 0 Å². The van der Waals surface area contributed by atoms with Crippen LogP contribution in [-0.4, -0.2) is 48.1 Å². The molecule has 4 rings (SSSR count). The molecule has 1 aliphatic heterocycles. The largest absolute Gasteiger partial charge is 0.382 e. The van der Waals surface area contributed by atoms with Crippen LogP contribution in [0.5, 0.6) is 0 Å². The van der Waals surface area contributed by atoms with Crippen molar-refractivity contribution in [2.75, 3.05) is 24.7 Å². The first-order chi connectivity index (χ1) is 13.9. The summed E-state index contributed by atoms with van der Waals surface area (Å²) in [6.07, 6.45) is 9.31. The summed E-state index contributed by atoms with van der Waals surface area (Å²) >= 11 is 0. The van der Waals surface area contributed by atoms with Crippen LogP contribution in [0.25, 0.3) is 21.9 Å². The maximum Gasteiger partial charge on any atom is 0.211 e. The van der Waals surface area contributed by atoms with Gasteiger partial charge in [0.05, 0.1) is 6.26 Å². The molecule has 29 heavy (non-hydrogen) atoms. The van der Waals surface area contributed by atoms with Crippen LogP contribution in [0, 0.1) is 0 Å². The summed E-state index contributed by atoms with van der Waals surface area (Å²) in [5, 5.41) is 5.86. The molecule has 6 nitrogen and oxygen atoms in total. The molecular weight excluding hydrogens is 384 g/mol. The van der Waals surface area contributed by atoms with Crippen LogP contribution in [0.15, 0.2) is 48.9 Å². The van der Waals surface area contributed by atoms with Gasteiger partial charge in [0.1, 0.15) is 0 Å². The second-order valence-electron chi connectivity index (χ2n) is 7.59. The molecule has 7 heteroatoms. The van der Waals surface area contributed by atoms with E-state index in [1.54, 1.807) is 4.31 Å². The highest BCUT2D eigenvalue weighted by molar-refractivity contribution is 7.88. The number of nitrogens with one attached hydrogen (secondary N) is 1.